The Morgan fingerprint density at radius 2 is 0.476 bits per heavy atom. The molecule has 0 N–H and O–H groups in total. The van der Waals surface area contributed by atoms with Gasteiger partial charge in [0.25, 0.3) is 0 Å². The number of carbonyl (C=O) groups is 3. The zero-order valence-corrected chi connectivity index (χ0v) is 54.8. The summed E-state index contributed by atoms with van der Waals surface area (Å²) in [5.74, 6) is -0.880. The molecule has 6 nitrogen and oxygen atoms in total. The van der Waals surface area contributed by atoms with E-state index in [2.05, 4.69) is 93.7 Å². The number of hydrogen-bond acceptors (Lipinski definition) is 6. The lowest BCUT2D eigenvalue weighted by molar-refractivity contribution is -0.167. The minimum Gasteiger partial charge on any atom is -0.462 e. The molecule has 0 aliphatic carbocycles. The van der Waals surface area contributed by atoms with Gasteiger partial charge in [0.15, 0.2) is 6.10 Å². The van der Waals surface area contributed by atoms with E-state index >= 15 is 0 Å². The topological polar surface area (TPSA) is 78.9 Å². The van der Waals surface area contributed by atoms with Gasteiger partial charge in [-0.3, -0.25) is 14.4 Å². The quantitative estimate of drug-likeness (QED) is 0.0261. The van der Waals surface area contributed by atoms with E-state index in [1.807, 2.05) is 0 Å². The fourth-order valence-corrected chi connectivity index (χ4v) is 10.6. The molecule has 0 aromatic heterocycles. The van der Waals surface area contributed by atoms with Crippen LogP contribution in [0.2, 0.25) is 0 Å². The van der Waals surface area contributed by atoms with Crippen LogP contribution in [0, 0.1) is 0 Å². The van der Waals surface area contributed by atoms with Crippen molar-refractivity contribution >= 4 is 17.9 Å². The molecule has 0 saturated carbocycles. The molecule has 0 rings (SSSR count). The highest BCUT2D eigenvalue weighted by atomic mass is 16.6. The summed E-state index contributed by atoms with van der Waals surface area (Å²) >= 11 is 0. The molecule has 0 aliphatic rings. The Hall–Kier alpha value is -3.15. The molecule has 0 aromatic rings. The standard InChI is InChI=1S/C76H136O6/c1-4-7-10-13-16-19-22-24-26-28-30-32-33-34-35-36-37-38-39-40-41-42-43-45-46-48-50-52-54-57-60-63-66-69-75(78)81-72-73(71-80-74(77)68-65-62-59-56-21-18-15-12-9-6-3)82-76(79)70-67-64-61-58-55-53-51-49-47-44-31-29-27-25-23-20-17-14-11-8-5-2/h8,11,17,20,25,27-28,30-31,44,49,51,73H,4-7,9-10,12-16,18-19,21-24,26,29,32-43,45-48,50,52-72H2,1-3H3/b11-8-,20-17-,27-25-,30-28-,44-31-,51-49-. The molecular formula is C76H136O6. The number of esters is 3. The van der Waals surface area contributed by atoms with Gasteiger partial charge in [-0.25, -0.2) is 0 Å². The van der Waals surface area contributed by atoms with Crippen molar-refractivity contribution < 1.29 is 28.6 Å². The minimum atomic E-state index is -0.784. The van der Waals surface area contributed by atoms with E-state index in [0.717, 1.165) is 109 Å². The Balaban J connectivity index is 4.11. The molecule has 0 heterocycles. The molecule has 1 atom stereocenters. The van der Waals surface area contributed by atoms with E-state index in [1.54, 1.807) is 0 Å². The van der Waals surface area contributed by atoms with Crippen LogP contribution < -0.4 is 0 Å². The van der Waals surface area contributed by atoms with Crippen molar-refractivity contribution in [3.8, 4) is 0 Å². The maximum atomic E-state index is 12.9. The van der Waals surface area contributed by atoms with Crippen LogP contribution in [-0.4, -0.2) is 37.2 Å². The lowest BCUT2D eigenvalue weighted by atomic mass is 10.0. The van der Waals surface area contributed by atoms with Gasteiger partial charge in [0.2, 0.25) is 0 Å². The van der Waals surface area contributed by atoms with Crippen molar-refractivity contribution in [3.63, 3.8) is 0 Å². The van der Waals surface area contributed by atoms with Crippen LogP contribution in [0.25, 0.3) is 0 Å². The van der Waals surface area contributed by atoms with Gasteiger partial charge in [0.05, 0.1) is 0 Å². The Labute approximate surface area is 510 Å². The fourth-order valence-electron chi connectivity index (χ4n) is 10.6. The molecule has 82 heavy (non-hydrogen) atoms. The van der Waals surface area contributed by atoms with Crippen molar-refractivity contribution in [1.29, 1.82) is 0 Å². The maximum Gasteiger partial charge on any atom is 0.306 e. The summed E-state index contributed by atoms with van der Waals surface area (Å²) in [4.78, 5) is 38.3. The van der Waals surface area contributed by atoms with Crippen molar-refractivity contribution in [1.82, 2.24) is 0 Å². The molecule has 0 aromatic carbocycles. The number of ether oxygens (including phenoxy) is 3. The molecule has 1 unspecified atom stereocenters. The molecule has 0 fully saturated rings. The zero-order chi connectivity index (χ0) is 59.2. The number of hydrogen-bond donors (Lipinski definition) is 0. The Bertz CT molecular complexity index is 1500. The number of allylic oxidation sites excluding steroid dienone is 12. The molecular weight excluding hydrogens is 1010 g/mol. The average molecular weight is 1150 g/mol. The van der Waals surface area contributed by atoms with Gasteiger partial charge in [-0.2, -0.15) is 0 Å². The van der Waals surface area contributed by atoms with E-state index in [1.165, 1.54) is 225 Å². The number of unbranched alkanes of at least 4 members (excludes halogenated alkanes) is 43. The highest BCUT2D eigenvalue weighted by Gasteiger charge is 2.19. The van der Waals surface area contributed by atoms with Crippen LogP contribution in [0.5, 0.6) is 0 Å². The zero-order valence-electron chi connectivity index (χ0n) is 54.8. The van der Waals surface area contributed by atoms with E-state index in [-0.39, 0.29) is 31.1 Å². The Morgan fingerprint density at radius 1 is 0.256 bits per heavy atom. The molecule has 0 spiro atoms. The van der Waals surface area contributed by atoms with Gasteiger partial charge in [-0.1, -0.05) is 338 Å². The first-order valence-electron chi connectivity index (χ1n) is 35.9. The largest absolute Gasteiger partial charge is 0.462 e. The summed E-state index contributed by atoms with van der Waals surface area (Å²) in [5.41, 5.74) is 0. The van der Waals surface area contributed by atoms with E-state index in [4.69, 9.17) is 14.2 Å². The van der Waals surface area contributed by atoms with Crippen molar-refractivity contribution in [2.24, 2.45) is 0 Å². The molecule has 0 radical (unpaired) electrons. The second kappa shape index (κ2) is 70.3. The third-order valence-corrected chi connectivity index (χ3v) is 15.9. The first-order valence-corrected chi connectivity index (χ1v) is 35.9. The summed E-state index contributed by atoms with van der Waals surface area (Å²) < 4.78 is 16.9. The van der Waals surface area contributed by atoms with Gasteiger partial charge in [-0.15, -0.1) is 0 Å². The molecule has 0 saturated heterocycles. The minimum absolute atomic E-state index is 0.0791. The average Bonchev–Trinajstić information content (AvgIpc) is 3.47. The van der Waals surface area contributed by atoms with Crippen LogP contribution in [0.3, 0.4) is 0 Å². The van der Waals surface area contributed by atoms with E-state index in [9.17, 15) is 14.4 Å². The number of carbonyl (C=O) groups excluding carboxylic acids is 3. The molecule has 0 aliphatic heterocycles. The van der Waals surface area contributed by atoms with Crippen LogP contribution in [0.15, 0.2) is 72.9 Å². The van der Waals surface area contributed by atoms with Gasteiger partial charge in [-0.05, 0) is 89.9 Å². The van der Waals surface area contributed by atoms with Gasteiger partial charge < -0.3 is 14.2 Å². The summed E-state index contributed by atoms with van der Waals surface area (Å²) in [6.07, 6.45) is 92.4. The van der Waals surface area contributed by atoms with Crippen LogP contribution in [0.1, 0.15) is 374 Å². The summed E-state index contributed by atoms with van der Waals surface area (Å²) in [6.45, 7) is 6.55. The lowest BCUT2D eigenvalue weighted by Crippen LogP contribution is -2.30. The smallest absolute Gasteiger partial charge is 0.306 e. The monoisotopic (exact) mass is 1150 g/mol. The first-order chi connectivity index (χ1) is 40.5. The lowest BCUT2D eigenvalue weighted by Gasteiger charge is -2.18. The fraction of sp³-hybridized carbons (Fsp3) is 0.803. The Kier molecular flexibility index (Phi) is 67.6. The van der Waals surface area contributed by atoms with Gasteiger partial charge >= 0.3 is 17.9 Å². The van der Waals surface area contributed by atoms with E-state index < -0.39 is 6.10 Å². The summed E-state index contributed by atoms with van der Waals surface area (Å²) in [6, 6.07) is 0. The molecule has 0 amide bonds. The second-order valence-electron chi connectivity index (χ2n) is 24.1. The van der Waals surface area contributed by atoms with Crippen molar-refractivity contribution in [3.05, 3.63) is 72.9 Å². The van der Waals surface area contributed by atoms with Gasteiger partial charge in [0.1, 0.15) is 13.2 Å². The number of rotatable bonds is 66. The van der Waals surface area contributed by atoms with Crippen LogP contribution in [0.4, 0.5) is 0 Å². The Morgan fingerprint density at radius 3 is 0.756 bits per heavy atom. The predicted molar refractivity (Wildman–Crippen MR) is 358 cm³/mol. The molecule has 0 bridgehead atoms. The normalized spacial score (nSPS) is 12.5. The third-order valence-electron chi connectivity index (χ3n) is 15.9. The van der Waals surface area contributed by atoms with Gasteiger partial charge in [0, 0.05) is 19.3 Å². The molecule has 6 heteroatoms. The van der Waals surface area contributed by atoms with Crippen LogP contribution >= 0.6 is 0 Å². The highest BCUT2D eigenvalue weighted by Crippen LogP contribution is 2.18. The first kappa shape index (κ1) is 78.8. The highest BCUT2D eigenvalue weighted by molar-refractivity contribution is 5.71. The second-order valence-corrected chi connectivity index (χ2v) is 24.1. The van der Waals surface area contributed by atoms with Crippen LogP contribution in [-0.2, 0) is 28.6 Å². The SMILES string of the molecule is CC/C=C\C/C=C\C/C=C\C/C=C\C/C=C\CCCCCCCC(=O)OC(COC(=O)CCCCCCCCCCCC)COC(=O)CCCCCCCCCCCCCCCCCCCCCCC/C=C\CCCCCCCCCC. The summed E-state index contributed by atoms with van der Waals surface area (Å²) in [5, 5.41) is 0. The maximum absolute atomic E-state index is 12.9. The predicted octanol–water partition coefficient (Wildman–Crippen LogP) is 24.8. The van der Waals surface area contributed by atoms with Crippen molar-refractivity contribution in [2.75, 3.05) is 13.2 Å². The summed E-state index contributed by atoms with van der Waals surface area (Å²) in [7, 11) is 0. The van der Waals surface area contributed by atoms with Crippen molar-refractivity contribution in [2.45, 2.75) is 380 Å². The third kappa shape index (κ3) is 67.6. The van der Waals surface area contributed by atoms with E-state index in [0.29, 0.717) is 19.3 Å². The molecule has 476 valence electrons.